The van der Waals surface area contributed by atoms with Crippen LogP contribution in [0.15, 0.2) is 84.9 Å². The van der Waals surface area contributed by atoms with Crippen molar-refractivity contribution in [1.29, 1.82) is 0 Å². The Morgan fingerprint density at radius 2 is 0.846 bits per heavy atom. The molecule has 2 nitrogen and oxygen atoms in total. The first-order chi connectivity index (χ1) is 12.4. The lowest BCUT2D eigenvalue weighted by Crippen LogP contribution is -2.45. The maximum Gasteiger partial charge on any atom is 0.120 e. The van der Waals surface area contributed by atoms with Gasteiger partial charge in [-0.2, -0.15) is 0 Å². The molecule has 4 aromatic carbocycles. The van der Waals surface area contributed by atoms with E-state index < -0.39 is 11.2 Å². The molecule has 0 aromatic heterocycles. The topological polar surface area (TPSA) is 40.5 Å². The second-order valence-corrected chi connectivity index (χ2v) is 7.20. The van der Waals surface area contributed by atoms with Gasteiger partial charge in [0.05, 0.1) is 0 Å². The summed E-state index contributed by atoms with van der Waals surface area (Å²) in [4.78, 5) is 0. The summed E-state index contributed by atoms with van der Waals surface area (Å²) < 4.78 is 0. The van der Waals surface area contributed by atoms with Gasteiger partial charge in [0.25, 0.3) is 0 Å². The molecule has 0 saturated carbocycles. The zero-order valence-corrected chi connectivity index (χ0v) is 15.0. The quantitative estimate of drug-likeness (QED) is 0.543. The molecule has 0 spiro atoms. The third-order valence-corrected chi connectivity index (χ3v) is 5.58. The summed E-state index contributed by atoms with van der Waals surface area (Å²) in [5.74, 6) is 0. The molecule has 26 heavy (non-hydrogen) atoms. The van der Waals surface area contributed by atoms with Crippen LogP contribution in [0.4, 0.5) is 0 Å². The largest absolute Gasteiger partial charge is 0.382 e. The molecule has 4 aromatic rings. The molecule has 0 bridgehead atoms. The van der Waals surface area contributed by atoms with Crippen LogP contribution >= 0.6 is 0 Å². The molecular weight excluding hydrogens is 320 g/mol. The van der Waals surface area contributed by atoms with E-state index in [0.29, 0.717) is 11.1 Å². The molecule has 0 aliphatic rings. The molecule has 0 saturated heterocycles. The van der Waals surface area contributed by atoms with Gasteiger partial charge < -0.3 is 10.2 Å². The summed E-state index contributed by atoms with van der Waals surface area (Å²) in [7, 11) is 0. The van der Waals surface area contributed by atoms with Crippen molar-refractivity contribution in [2.45, 2.75) is 25.0 Å². The van der Waals surface area contributed by atoms with E-state index in [-0.39, 0.29) is 0 Å². The lowest BCUT2D eigenvalue weighted by atomic mass is 9.73. The van der Waals surface area contributed by atoms with Crippen molar-refractivity contribution >= 4 is 21.5 Å². The molecule has 130 valence electrons. The van der Waals surface area contributed by atoms with Gasteiger partial charge in [-0.3, -0.25) is 0 Å². The van der Waals surface area contributed by atoms with Gasteiger partial charge in [0.15, 0.2) is 0 Å². The van der Waals surface area contributed by atoms with Crippen molar-refractivity contribution in [3.05, 3.63) is 96.1 Å². The molecule has 0 amide bonds. The van der Waals surface area contributed by atoms with Crippen LogP contribution in [0.5, 0.6) is 0 Å². The average Bonchev–Trinajstić information content (AvgIpc) is 2.66. The number of aliphatic hydroxyl groups is 2. The van der Waals surface area contributed by atoms with Gasteiger partial charge in [0.2, 0.25) is 0 Å². The van der Waals surface area contributed by atoms with E-state index in [0.717, 1.165) is 21.5 Å². The van der Waals surface area contributed by atoms with Gasteiger partial charge in [0.1, 0.15) is 11.2 Å². The van der Waals surface area contributed by atoms with Crippen LogP contribution in [0, 0.1) is 0 Å². The molecule has 2 atom stereocenters. The molecule has 0 aliphatic heterocycles. The molecule has 2 N–H and O–H groups in total. The molecule has 2 heteroatoms. The van der Waals surface area contributed by atoms with Crippen molar-refractivity contribution in [3.8, 4) is 0 Å². The Bertz CT molecular complexity index is 994. The predicted octanol–water partition coefficient (Wildman–Crippen LogP) is 5.11. The van der Waals surface area contributed by atoms with E-state index in [4.69, 9.17) is 0 Å². The molecule has 0 heterocycles. The van der Waals surface area contributed by atoms with E-state index in [9.17, 15) is 10.2 Å². The first-order valence-corrected chi connectivity index (χ1v) is 8.84. The Morgan fingerprint density at radius 1 is 0.500 bits per heavy atom. The first-order valence-electron chi connectivity index (χ1n) is 8.84. The highest BCUT2D eigenvalue weighted by molar-refractivity contribution is 5.88. The molecule has 0 aliphatic carbocycles. The maximum atomic E-state index is 11.6. The summed E-state index contributed by atoms with van der Waals surface area (Å²) in [6, 6.07) is 27.5. The highest BCUT2D eigenvalue weighted by Crippen LogP contribution is 2.44. The second kappa shape index (κ2) is 5.94. The minimum absolute atomic E-state index is 0.716. The van der Waals surface area contributed by atoms with Gasteiger partial charge in [0, 0.05) is 0 Å². The lowest BCUT2D eigenvalue weighted by Gasteiger charge is -2.40. The number of hydrogen-bond acceptors (Lipinski definition) is 2. The second-order valence-electron chi connectivity index (χ2n) is 7.20. The molecular formula is C24H22O2. The summed E-state index contributed by atoms with van der Waals surface area (Å²) >= 11 is 0. The van der Waals surface area contributed by atoms with Crippen LogP contribution in [0.1, 0.15) is 25.0 Å². The van der Waals surface area contributed by atoms with Gasteiger partial charge in [-0.25, -0.2) is 0 Å². The third-order valence-electron chi connectivity index (χ3n) is 5.58. The maximum absolute atomic E-state index is 11.6. The van der Waals surface area contributed by atoms with Crippen molar-refractivity contribution < 1.29 is 10.2 Å². The Balaban J connectivity index is 1.96. The monoisotopic (exact) mass is 342 g/mol. The van der Waals surface area contributed by atoms with E-state index in [1.807, 2.05) is 84.9 Å². The van der Waals surface area contributed by atoms with Crippen LogP contribution in [0.25, 0.3) is 21.5 Å². The Kier molecular flexibility index (Phi) is 3.83. The highest BCUT2D eigenvalue weighted by Gasteiger charge is 2.46. The van der Waals surface area contributed by atoms with Crippen LogP contribution < -0.4 is 0 Å². The summed E-state index contributed by atoms with van der Waals surface area (Å²) in [5, 5.41) is 27.1. The third kappa shape index (κ3) is 2.42. The minimum atomic E-state index is -1.47. The molecule has 0 radical (unpaired) electrons. The van der Waals surface area contributed by atoms with E-state index in [2.05, 4.69) is 0 Å². The predicted molar refractivity (Wildman–Crippen MR) is 107 cm³/mol. The van der Waals surface area contributed by atoms with Crippen LogP contribution in [0.2, 0.25) is 0 Å². The van der Waals surface area contributed by atoms with Crippen molar-refractivity contribution in [1.82, 2.24) is 0 Å². The van der Waals surface area contributed by atoms with E-state index >= 15 is 0 Å². The molecule has 0 unspecified atom stereocenters. The Morgan fingerprint density at radius 3 is 1.27 bits per heavy atom. The standard InChI is InChI=1S/C24H22O2/c1-23(25,21-15-7-11-17-9-3-5-13-19(17)21)24(2,26)22-16-8-12-18-10-4-6-14-20(18)22/h3-16,25-26H,1-2H3/t23-,24-/m0/s1. The smallest absolute Gasteiger partial charge is 0.120 e. The van der Waals surface area contributed by atoms with Crippen molar-refractivity contribution in [2.75, 3.05) is 0 Å². The van der Waals surface area contributed by atoms with Crippen molar-refractivity contribution in [3.63, 3.8) is 0 Å². The van der Waals surface area contributed by atoms with Gasteiger partial charge >= 0.3 is 0 Å². The van der Waals surface area contributed by atoms with Gasteiger partial charge in [-0.15, -0.1) is 0 Å². The van der Waals surface area contributed by atoms with Crippen LogP contribution in [0.3, 0.4) is 0 Å². The van der Waals surface area contributed by atoms with E-state index in [1.54, 1.807) is 13.8 Å². The SMILES string of the molecule is C[C@](O)(c1cccc2ccccc12)[C@@](C)(O)c1cccc2ccccc12. The number of hydrogen-bond donors (Lipinski definition) is 2. The number of rotatable bonds is 3. The summed E-state index contributed by atoms with van der Waals surface area (Å²) in [6.07, 6.45) is 0. The Hall–Kier alpha value is -2.68. The van der Waals surface area contributed by atoms with Gasteiger partial charge in [-0.1, -0.05) is 84.9 Å². The van der Waals surface area contributed by atoms with Gasteiger partial charge in [-0.05, 0) is 46.5 Å². The minimum Gasteiger partial charge on any atom is -0.382 e. The Labute approximate surface area is 153 Å². The zero-order valence-electron chi connectivity index (χ0n) is 15.0. The molecule has 4 rings (SSSR count). The normalized spacial score (nSPS) is 16.3. The van der Waals surface area contributed by atoms with Crippen LogP contribution in [-0.4, -0.2) is 10.2 Å². The first kappa shape index (κ1) is 16.8. The summed E-state index contributed by atoms with van der Waals surface area (Å²) in [6.45, 7) is 3.38. The van der Waals surface area contributed by atoms with Crippen molar-refractivity contribution in [2.24, 2.45) is 0 Å². The van der Waals surface area contributed by atoms with E-state index in [1.165, 1.54) is 0 Å². The fraction of sp³-hybridized carbons (Fsp3) is 0.167. The lowest BCUT2D eigenvalue weighted by molar-refractivity contribution is -0.141. The summed E-state index contributed by atoms with van der Waals surface area (Å²) in [5.41, 5.74) is -1.52. The fourth-order valence-electron chi connectivity index (χ4n) is 3.82. The average molecular weight is 342 g/mol. The zero-order chi connectivity index (χ0) is 18.4. The fourth-order valence-corrected chi connectivity index (χ4v) is 3.82. The molecule has 0 fully saturated rings. The van der Waals surface area contributed by atoms with Crippen LogP contribution in [-0.2, 0) is 11.2 Å². The number of fused-ring (bicyclic) bond motifs is 2. The highest BCUT2D eigenvalue weighted by atomic mass is 16.4. The number of benzene rings is 4.